The number of benzene rings is 1. The maximum Gasteiger partial charge on any atom is 0.358 e. The van der Waals surface area contributed by atoms with Crippen LogP contribution < -0.4 is 14.9 Å². The fourth-order valence-corrected chi connectivity index (χ4v) is 3.48. The molecule has 1 atom stereocenters. The summed E-state index contributed by atoms with van der Waals surface area (Å²) in [6.07, 6.45) is 1.55. The molecule has 4 rings (SSSR count). The number of carbonyl (C=O) groups is 5. The Balaban J connectivity index is 1.51. The molecule has 0 aliphatic carbocycles. The molecule has 4 amide bonds. The van der Waals surface area contributed by atoms with Crippen LogP contribution in [0.3, 0.4) is 0 Å². The quantitative estimate of drug-likeness (QED) is 0.422. The van der Waals surface area contributed by atoms with E-state index in [9.17, 15) is 24.0 Å². The van der Waals surface area contributed by atoms with Crippen molar-refractivity contribution >= 4 is 29.9 Å². The Bertz CT molecular complexity index is 902. The number of amides is 4. The number of hydrogen-bond donors (Lipinski definition) is 1. The van der Waals surface area contributed by atoms with Crippen LogP contribution in [0.4, 0.5) is 4.79 Å². The summed E-state index contributed by atoms with van der Waals surface area (Å²) in [5, 5.41) is 3.18. The number of hydrogen-bond acceptors (Lipinski definition) is 7. The molecule has 2 fully saturated rings. The van der Waals surface area contributed by atoms with Crippen molar-refractivity contribution < 1.29 is 33.4 Å². The molecular weight excluding hydrogens is 384 g/mol. The summed E-state index contributed by atoms with van der Waals surface area (Å²) in [7, 11) is 0. The molecular formula is C18H18N4O7. The minimum atomic E-state index is -1.04. The summed E-state index contributed by atoms with van der Waals surface area (Å²) < 4.78 is 10.4. The SMILES string of the molecule is O=C[C@@H]1CCCN2C(=O)CCN(NC(=O)C(=O)c3ccc4c(c3)OCO4)C(=O)N12. The largest absolute Gasteiger partial charge is 0.454 e. The number of Topliss-reactive ketones (excluding diaryl/α,β-unsaturated/α-hetero) is 1. The molecule has 3 aliphatic rings. The van der Waals surface area contributed by atoms with Crippen LogP contribution in [0.1, 0.15) is 29.6 Å². The maximum absolute atomic E-state index is 12.9. The topological polar surface area (TPSA) is 126 Å². The first-order valence-corrected chi connectivity index (χ1v) is 9.11. The number of carbonyl (C=O) groups excluding carboxylic acids is 5. The maximum atomic E-state index is 12.9. The molecule has 0 spiro atoms. The molecule has 29 heavy (non-hydrogen) atoms. The van der Waals surface area contributed by atoms with E-state index in [2.05, 4.69) is 5.43 Å². The van der Waals surface area contributed by atoms with Gasteiger partial charge >= 0.3 is 11.9 Å². The lowest BCUT2D eigenvalue weighted by atomic mass is 10.1. The van der Waals surface area contributed by atoms with Crippen LogP contribution in [-0.2, 0) is 14.4 Å². The third-order valence-corrected chi connectivity index (χ3v) is 4.94. The zero-order valence-corrected chi connectivity index (χ0v) is 15.3. The van der Waals surface area contributed by atoms with Gasteiger partial charge in [0.1, 0.15) is 12.3 Å². The first-order valence-electron chi connectivity index (χ1n) is 9.11. The average Bonchev–Trinajstić information content (AvgIpc) is 3.18. The second-order valence-electron chi connectivity index (χ2n) is 6.73. The van der Waals surface area contributed by atoms with E-state index in [1.807, 2.05) is 0 Å². The molecule has 0 radical (unpaired) electrons. The van der Waals surface area contributed by atoms with Crippen molar-refractivity contribution in [2.24, 2.45) is 0 Å². The summed E-state index contributed by atoms with van der Waals surface area (Å²) >= 11 is 0. The number of hydrazine groups is 2. The molecule has 2 saturated heterocycles. The van der Waals surface area contributed by atoms with Crippen LogP contribution in [0.25, 0.3) is 0 Å². The van der Waals surface area contributed by atoms with Crippen LogP contribution in [0.2, 0.25) is 0 Å². The molecule has 0 unspecified atom stereocenters. The van der Waals surface area contributed by atoms with E-state index in [0.717, 1.165) is 10.0 Å². The van der Waals surface area contributed by atoms with Gasteiger partial charge in [0.15, 0.2) is 11.5 Å². The lowest BCUT2D eigenvalue weighted by Gasteiger charge is -2.41. The first kappa shape index (κ1) is 18.7. The molecule has 1 N–H and O–H groups in total. The Hall–Kier alpha value is -3.63. The third-order valence-electron chi connectivity index (χ3n) is 4.94. The van der Waals surface area contributed by atoms with Gasteiger partial charge in [0.2, 0.25) is 12.7 Å². The highest BCUT2D eigenvalue weighted by Crippen LogP contribution is 2.32. The van der Waals surface area contributed by atoms with Gasteiger partial charge in [-0.3, -0.25) is 19.8 Å². The third kappa shape index (κ3) is 3.35. The van der Waals surface area contributed by atoms with E-state index in [4.69, 9.17) is 9.47 Å². The number of nitrogens with zero attached hydrogens (tertiary/aromatic N) is 3. The average molecular weight is 402 g/mol. The Kier molecular flexibility index (Phi) is 4.79. The van der Waals surface area contributed by atoms with Crippen molar-refractivity contribution in [2.75, 3.05) is 19.9 Å². The standard InChI is InChI=1S/C18H18N4O7/c23-9-12-2-1-6-21-15(24)5-7-20(18(27)22(12)21)19-17(26)16(25)11-3-4-13-14(8-11)29-10-28-13/h3-4,8-9,12H,1-2,5-7,10H2,(H,19,26)/t12-/m0/s1. The fraction of sp³-hybridized carbons (Fsp3) is 0.389. The molecule has 0 bridgehead atoms. The van der Waals surface area contributed by atoms with Crippen molar-refractivity contribution in [3.63, 3.8) is 0 Å². The summed E-state index contributed by atoms with van der Waals surface area (Å²) in [4.78, 5) is 61.5. The Morgan fingerprint density at radius 3 is 2.72 bits per heavy atom. The van der Waals surface area contributed by atoms with Gasteiger partial charge in [-0.25, -0.2) is 19.8 Å². The summed E-state index contributed by atoms with van der Waals surface area (Å²) in [6.45, 7) is 0.225. The van der Waals surface area contributed by atoms with Crippen molar-refractivity contribution in [2.45, 2.75) is 25.3 Å². The van der Waals surface area contributed by atoms with Crippen LogP contribution in [0, 0.1) is 0 Å². The van der Waals surface area contributed by atoms with Gasteiger partial charge in [-0.1, -0.05) is 0 Å². The highest BCUT2D eigenvalue weighted by molar-refractivity contribution is 6.42. The molecule has 0 saturated carbocycles. The second-order valence-corrected chi connectivity index (χ2v) is 6.73. The van der Waals surface area contributed by atoms with Gasteiger partial charge in [0.25, 0.3) is 5.78 Å². The summed E-state index contributed by atoms with van der Waals surface area (Å²) in [6, 6.07) is 2.77. The minimum Gasteiger partial charge on any atom is -0.454 e. The van der Waals surface area contributed by atoms with Crippen LogP contribution in [-0.4, -0.2) is 70.9 Å². The highest BCUT2D eigenvalue weighted by atomic mass is 16.7. The van der Waals surface area contributed by atoms with Gasteiger partial charge in [0.05, 0.1) is 6.54 Å². The van der Waals surface area contributed by atoms with E-state index in [-0.39, 0.29) is 31.2 Å². The number of urea groups is 1. The van der Waals surface area contributed by atoms with Crippen LogP contribution >= 0.6 is 0 Å². The van der Waals surface area contributed by atoms with Gasteiger partial charge in [-0.05, 0) is 31.0 Å². The van der Waals surface area contributed by atoms with Crippen molar-refractivity contribution in [3.8, 4) is 11.5 Å². The van der Waals surface area contributed by atoms with Gasteiger partial charge in [-0.15, -0.1) is 0 Å². The van der Waals surface area contributed by atoms with E-state index in [0.29, 0.717) is 37.2 Å². The molecule has 1 aromatic rings. The van der Waals surface area contributed by atoms with Gasteiger partial charge in [0, 0.05) is 18.5 Å². The number of nitrogens with one attached hydrogen (secondary N) is 1. The Morgan fingerprint density at radius 2 is 1.93 bits per heavy atom. The monoisotopic (exact) mass is 402 g/mol. The number of ketones is 1. The molecule has 0 aromatic heterocycles. The molecule has 3 heterocycles. The number of fused-ring (bicyclic) bond motifs is 2. The summed E-state index contributed by atoms with van der Waals surface area (Å²) in [5.41, 5.74) is 2.32. The zero-order valence-electron chi connectivity index (χ0n) is 15.3. The first-order chi connectivity index (χ1) is 14.0. The summed E-state index contributed by atoms with van der Waals surface area (Å²) in [5.74, 6) is -1.44. The van der Waals surface area contributed by atoms with Gasteiger partial charge in [-0.2, -0.15) is 0 Å². The van der Waals surface area contributed by atoms with Crippen molar-refractivity contribution in [3.05, 3.63) is 23.8 Å². The second kappa shape index (κ2) is 7.41. The highest BCUT2D eigenvalue weighted by Gasteiger charge is 2.41. The van der Waals surface area contributed by atoms with E-state index >= 15 is 0 Å². The predicted molar refractivity (Wildman–Crippen MR) is 94.4 cm³/mol. The lowest BCUT2D eigenvalue weighted by Crippen LogP contribution is -2.61. The van der Waals surface area contributed by atoms with Crippen molar-refractivity contribution in [1.82, 2.24) is 20.5 Å². The van der Waals surface area contributed by atoms with E-state index in [1.54, 1.807) is 0 Å². The number of rotatable bonds is 4. The number of aldehydes is 1. The Morgan fingerprint density at radius 1 is 1.14 bits per heavy atom. The number of ether oxygens (including phenoxy) is 2. The Labute approximate surface area is 165 Å². The molecule has 152 valence electrons. The lowest BCUT2D eigenvalue weighted by molar-refractivity contribution is -0.151. The van der Waals surface area contributed by atoms with E-state index in [1.165, 1.54) is 23.2 Å². The van der Waals surface area contributed by atoms with Crippen LogP contribution in [0.5, 0.6) is 11.5 Å². The molecule has 11 nitrogen and oxygen atoms in total. The predicted octanol–water partition coefficient (Wildman–Crippen LogP) is -0.138. The molecule has 3 aliphatic heterocycles. The molecule has 11 heteroatoms. The minimum absolute atomic E-state index is 0.0275. The zero-order chi connectivity index (χ0) is 20.5. The van der Waals surface area contributed by atoms with Crippen molar-refractivity contribution in [1.29, 1.82) is 0 Å². The smallest absolute Gasteiger partial charge is 0.358 e. The normalized spacial score (nSPS) is 20.8. The van der Waals surface area contributed by atoms with Crippen LogP contribution in [0.15, 0.2) is 18.2 Å². The fourth-order valence-electron chi connectivity index (χ4n) is 3.48. The van der Waals surface area contributed by atoms with Gasteiger partial charge < -0.3 is 14.3 Å². The van der Waals surface area contributed by atoms with E-state index < -0.39 is 23.8 Å². The molecule has 1 aromatic carbocycles.